The molecule has 0 amide bonds. The minimum atomic E-state index is -1.78. The Labute approximate surface area is 180 Å². The van der Waals surface area contributed by atoms with Gasteiger partial charge in [-0.2, -0.15) is 0 Å². The van der Waals surface area contributed by atoms with Crippen molar-refractivity contribution in [3.05, 3.63) is 24.3 Å². The molecule has 2 unspecified atom stereocenters. The molecule has 5 nitrogen and oxygen atoms in total. The second-order valence-corrected chi connectivity index (χ2v) is 18.3. The van der Waals surface area contributed by atoms with E-state index in [-0.39, 0.29) is 24.1 Å². The van der Waals surface area contributed by atoms with Crippen LogP contribution in [0.4, 0.5) is 0 Å². The number of ether oxygens (including phenoxy) is 2. The predicted molar refractivity (Wildman–Crippen MR) is 125 cm³/mol. The van der Waals surface area contributed by atoms with Crippen molar-refractivity contribution in [2.24, 2.45) is 0 Å². The van der Waals surface area contributed by atoms with Gasteiger partial charge >= 0.3 is 11.9 Å². The van der Waals surface area contributed by atoms with E-state index >= 15 is 0 Å². The lowest BCUT2D eigenvalue weighted by molar-refractivity contribution is -0.144. The molecule has 168 valence electrons. The van der Waals surface area contributed by atoms with E-state index in [0.717, 1.165) is 37.8 Å². The van der Waals surface area contributed by atoms with Gasteiger partial charge in [0.2, 0.25) is 0 Å². The van der Waals surface area contributed by atoms with Crippen LogP contribution in [-0.2, 0) is 23.2 Å². The Bertz CT molecular complexity index is 534. The lowest BCUT2D eigenvalue weighted by Crippen LogP contribution is -2.44. The van der Waals surface area contributed by atoms with Crippen molar-refractivity contribution in [2.75, 3.05) is 0 Å². The van der Waals surface area contributed by atoms with Crippen molar-refractivity contribution >= 4 is 28.6 Å². The summed E-state index contributed by atoms with van der Waals surface area (Å²) in [6.45, 7) is 23.5. The van der Waals surface area contributed by atoms with Crippen LogP contribution in [-0.4, -0.2) is 40.8 Å². The van der Waals surface area contributed by atoms with Gasteiger partial charge in [0.05, 0.1) is 12.2 Å². The first-order valence-electron chi connectivity index (χ1n) is 10.6. The predicted octanol–water partition coefficient (Wildman–Crippen LogP) is 5.99. The van der Waals surface area contributed by atoms with Crippen LogP contribution in [0.1, 0.15) is 53.4 Å². The fourth-order valence-corrected chi connectivity index (χ4v) is 12.1. The highest BCUT2D eigenvalue weighted by Crippen LogP contribution is 2.26. The van der Waals surface area contributed by atoms with Crippen molar-refractivity contribution in [2.45, 2.75) is 104 Å². The number of rotatable bonds is 14. The Hall–Kier alpha value is -1.19. The third-order valence-electron chi connectivity index (χ3n) is 4.64. The van der Waals surface area contributed by atoms with Crippen molar-refractivity contribution in [3.63, 3.8) is 0 Å². The van der Waals surface area contributed by atoms with Crippen LogP contribution in [0.5, 0.6) is 0 Å². The first-order chi connectivity index (χ1) is 13.1. The van der Waals surface area contributed by atoms with Crippen LogP contribution in [0.2, 0.25) is 38.3 Å². The Kier molecular flexibility index (Phi) is 12.0. The van der Waals surface area contributed by atoms with Crippen LogP contribution >= 0.6 is 0 Å². The van der Waals surface area contributed by atoms with E-state index in [1.54, 1.807) is 13.8 Å². The van der Waals surface area contributed by atoms with Gasteiger partial charge < -0.3 is 13.6 Å². The summed E-state index contributed by atoms with van der Waals surface area (Å²) in [5.41, 5.74) is 0.873. The Morgan fingerprint density at radius 1 is 0.759 bits per heavy atom. The molecule has 0 saturated heterocycles. The van der Waals surface area contributed by atoms with Crippen LogP contribution < -0.4 is 0 Å². The summed E-state index contributed by atoms with van der Waals surface area (Å²) in [5, 5.41) is 0. The molecule has 0 aromatic heterocycles. The molecule has 0 radical (unpaired) electrons. The Balaban J connectivity index is 4.30. The average Bonchev–Trinajstić information content (AvgIpc) is 2.52. The largest absolute Gasteiger partial charge is 0.459 e. The van der Waals surface area contributed by atoms with Crippen LogP contribution in [0.25, 0.3) is 0 Å². The monoisotopic (exact) mass is 442 g/mol. The number of carbonyl (C=O) groups excluding carboxylic acids is 2. The summed E-state index contributed by atoms with van der Waals surface area (Å²) in [6.07, 6.45) is 3.46. The van der Waals surface area contributed by atoms with Gasteiger partial charge in [0.1, 0.15) is 0 Å². The van der Waals surface area contributed by atoms with Crippen molar-refractivity contribution in [3.8, 4) is 0 Å². The van der Waals surface area contributed by atoms with Crippen LogP contribution in [0, 0.1) is 0 Å². The molecule has 0 aliphatic heterocycles. The van der Waals surface area contributed by atoms with Gasteiger partial charge in [0.25, 0.3) is 0 Å². The maximum Gasteiger partial charge on any atom is 0.333 e. The smallest absolute Gasteiger partial charge is 0.333 e. The third-order valence-corrected chi connectivity index (χ3v) is 12.2. The van der Waals surface area contributed by atoms with E-state index in [9.17, 15) is 9.59 Å². The standard InChI is InChI=1S/C22H42O5Si2/c1-17(2)21(23)25-19(5)13-11-15-28(7,8)27-29(9,10)16-12-14-20(6)26-22(24)18(3)4/h19-20H,1,3,11-16H2,2,4-10H3. The van der Waals surface area contributed by atoms with E-state index in [2.05, 4.69) is 39.3 Å². The highest BCUT2D eigenvalue weighted by molar-refractivity contribution is 6.84. The SMILES string of the molecule is C=C(C)C(=O)OC(C)CCC[Si](C)(C)O[Si](C)(C)CCCC(C)OC(=O)C(=C)C. The first-order valence-corrected chi connectivity index (χ1v) is 16.8. The molecule has 0 heterocycles. The molecule has 29 heavy (non-hydrogen) atoms. The van der Waals surface area contributed by atoms with Crippen molar-refractivity contribution in [1.29, 1.82) is 0 Å². The minimum Gasteiger partial charge on any atom is -0.459 e. The van der Waals surface area contributed by atoms with Crippen molar-refractivity contribution < 1.29 is 23.2 Å². The van der Waals surface area contributed by atoms with Crippen LogP contribution in [0.15, 0.2) is 24.3 Å². The number of carbonyl (C=O) groups is 2. The molecule has 0 saturated carbocycles. The molecular weight excluding hydrogens is 400 g/mol. The second-order valence-electron chi connectivity index (χ2n) is 9.40. The van der Waals surface area contributed by atoms with Gasteiger partial charge in [0.15, 0.2) is 16.6 Å². The van der Waals surface area contributed by atoms with Crippen molar-refractivity contribution in [1.82, 2.24) is 0 Å². The summed E-state index contributed by atoms with van der Waals surface area (Å²) in [6, 6.07) is 2.09. The topological polar surface area (TPSA) is 61.8 Å². The van der Waals surface area contributed by atoms with Gasteiger partial charge in [-0.3, -0.25) is 0 Å². The maximum absolute atomic E-state index is 11.6. The Morgan fingerprint density at radius 2 is 1.07 bits per heavy atom. The molecule has 0 spiro atoms. The van der Waals surface area contributed by atoms with E-state index in [0.29, 0.717) is 11.1 Å². The van der Waals surface area contributed by atoms with Gasteiger partial charge in [-0.25, -0.2) is 9.59 Å². The zero-order valence-corrected chi connectivity index (χ0v) is 21.9. The zero-order valence-electron chi connectivity index (χ0n) is 19.9. The molecule has 2 atom stereocenters. The molecular formula is C22H42O5Si2. The molecule has 0 aliphatic carbocycles. The average molecular weight is 443 g/mol. The fourth-order valence-electron chi connectivity index (χ4n) is 3.16. The highest BCUT2D eigenvalue weighted by atomic mass is 28.4. The highest BCUT2D eigenvalue weighted by Gasteiger charge is 2.32. The van der Waals surface area contributed by atoms with Gasteiger partial charge in [0, 0.05) is 11.1 Å². The molecule has 0 aromatic rings. The summed E-state index contributed by atoms with van der Waals surface area (Å²) >= 11 is 0. The number of esters is 2. The molecule has 0 aliphatic rings. The molecule has 0 N–H and O–H groups in total. The normalized spacial score (nSPS) is 14.1. The lowest BCUT2D eigenvalue weighted by atomic mass is 10.2. The zero-order chi connectivity index (χ0) is 22.8. The van der Waals surface area contributed by atoms with E-state index in [1.165, 1.54) is 0 Å². The fraction of sp³-hybridized carbons (Fsp3) is 0.727. The summed E-state index contributed by atoms with van der Waals surface area (Å²) in [4.78, 5) is 23.2. The van der Waals surface area contributed by atoms with Gasteiger partial charge in [-0.1, -0.05) is 26.0 Å². The molecule has 7 heteroatoms. The molecule has 0 fully saturated rings. The van der Waals surface area contributed by atoms with E-state index in [4.69, 9.17) is 13.6 Å². The summed E-state index contributed by atoms with van der Waals surface area (Å²) in [7, 11) is -3.56. The lowest BCUT2D eigenvalue weighted by Gasteiger charge is -2.34. The third kappa shape index (κ3) is 13.6. The first kappa shape index (κ1) is 27.8. The molecule has 0 rings (SSSR count). The number of hydrogen-bond donors (Lipinski definition) is 0. The molecule has 0 aromatic carbocycles. The molecule has 0 bridgehead atoms. The van der Waals surface area contributed by atoms with Crippen LogP contribution in [0.3, 0.4) is 0 Å². The number of hydrogen-bond acceptors (Lipinski definition) is 5. The van der Waals surface area contributed by atoms with Gasteiger partial charge in [-0.05, 0) is 78.8 Å². The maximum atomic E-state index is 11.6. The van der Waals surface area contributed by atoms with E-state index in [1.807, 2.05) is 13.8 Å². The second kappa shape index (κ2) is 12.5. The summed E-state index contributed by atoms with van der Waals surface area (Å²) in [5.74, 6) is -0.635. The quantitative estimate of drug-likeness (QED) is 0.188. The summed E-state index contributed by atoms with van der Waals surface area (Å²) < 4.78 is 17.4. The van der Waals surface area contributed by atoms with Gasteiger partial charge in [-0.15, -0.1) is 0 Å². The Morgan fingerprint density at radius 3 is 1.34 bits per heavy atom. The minimum absolute atomic E-state index is 0.0994. The van der Waals surface area contributed by atoms with E-state index < -0.39 is 16.6 Å².